The summed E-state index contributed by atoms with van der Waals surface area (Å²) in [6.07, 6.45) is 2.34. The molecule has 6 aliphatic rings. The molecule has 6 heterocycles. The highest BCUT2D eigenvalue weighted by Crippen LogP contribution is 2.56. The van der Waals surface area contributed by atoms with Crippen molar-refractivity contribution >= 4 is 70.4 Å². The van der Waals surface area contributed by atoms with Gasteiger partial charge in [0.05, 0.1) is 13.2 Å². The second-order valence-electron chi connectivity index (χ2n) is 21.3. The Labute approximate surface area is 382 Å². The van der Waals surface area contributed by atoms with Gasteiger partial charge >= 0.3 is 70.4 Å². The van der Waals surface area contributed by atoms with Crippen LogP contribution < -0.4 is 4.74 Å². The topological polar surface area (TPSA) is 140 Å². The highest BCUT2D eigenvalue weighted by molar-refractivity contribution is 7.03. The first-order chi connectivity index (χ1) is 28.9. The van der Waals surface area contributed by atoms with Gasteiger partial charge in [0.25, 0.3) is 0 Å². The van der Waals surface area contributed by atoms with Gasteiger partial charge in [-0.2, -0.15) is 0 Å². The molecule has 0 saturated carbocycles. The maximum atomic E-state index is 9.48. The van der Waals surface area contributed by atoms with Crippen LogP contribution in [0.4, 0.5) is 0 Å². The number of hydrogen-bond donors (Lipinski definition) is 1. The van der Waals surface area contributed by atoms with Crippen molar-refractivity contribution in [2.24, 2.45) is 41.4 Å². The van der Waals surface area contributed by atoms with E-state index in [1.807, 2.05) is 24.3 Å². The van der Waals surface area contributed by atoms with Crippen molar-refractivity contribution in [3.05, 3.63) is 29.8 Å². The summed E-state index contributed by atoms with van der Waals surface area (Å²) in [6, 6.07) is 11.4. The lowest BCUT2D eigenvalue weighted by atomic mass is 10.2. The summed E-state index contributed by atoms with van der Waals surface area (Å²) in [7, 11) is -31.6. The maximum Gasteiger partial charge on any atom is 0.479 e. The molecule has 6 saturated heterocycles. The average molecular weight is 1010 g/mol. The lowest BCUT2D eigenvalue weighted by Crippen LogP contribution is -2.88. The van der Waals surface area contributed by atoms with E-state index in [1.54, 1.807) is 0 Å². The predicted molar refractivity (Wildman–Crippen MR) is 253 cm³/mol. The Morgan fingerprint density at radius 3 is 0.871 bits per heavy atom. The van der Waals surface area contributed by atoms with Gasteiger partial charge in [-0.15, -0.1) is 0 Å². The summed E-state index contributed by atoms with van der Waals surface area (Å²) in [5, 5.41) is 9.48. The molecule has 62 heavy (non-hydrogen) atoms. The quantitative estimate of drug-likeness (QED) is 0.0870. The third kappa shape index (κ3) is 12.7. The van der Waals surface area contributed by atoms with Crippen molar-refractivity contribution in [3.63, 3.8) is 0 Å². The standard InChI is InChI=1S/C40H80O14Si8/c1-32(2)25-56-43-55(23-17-15-16-22-42-40-20-18-39(24-41)19-21-40)44-57(26-33(3)4)48-59(46-56,28-35(7)8)52-62(31-38(13)14)53-60(47-56,29-36(9)10)49-58(45-55,27-34(5)6)51-61(50-57,54-62)30-37(11)12/h18-21,32-38,41H,15-17,22-31H2,1-14H3. The molecule has 0 aliphatic carbocycles. The Bertz CT molecular complexity index is 1470. The third-order valence-corrected chi connectivity index (χ3v) is 50.9. The van der Waals surface area contributed by atoms with Gasteiger partial charge in [-0.3, -0.25) is 0 Å². The number of benzene rings is 1. The molecule has 22 heteroatoms. The van der Waals surface area contributed by atoms with E-state index in [1.165, 1.54) is 0 Å². The highest BCUT2D eigenvalue weighted by atomic mass is 28.6. The zero-order valence-electron chi connectivity index (χ0n) is 40.3. The number of rotatable bonds is 22. The van der Waals surface area contributed by atoms with E-state index in [-0.39, 0.29) is 48.0 Å². The number of hydrogen-bond acceptors (Lipinski definition) is 14. The predicted octanol–water partition coefficient (Wildman–Crippen LogP) is 10.1. The molecular formula is C40H80O14Si8. The summed E-state index contributed by atoms with van der Waals surface area (Å²) in [5.74, 6) is 1.56. The van der Waals surface area contributed by atoms with E-state index in [0.29, 0.717) is 55.0 Å². The molecule has 0 aromatic heterocycles. The van der Waals surface area contributed by atoms with Crippen LogP contribution in [0.15, 0.2) is 24.3 Å². The van der Waals surface area contributed by atoms with E-state index in [9.17, 15) is 5.11 Å². The lowest BCUT2D eigenvalue weighted by Gasteiger charge is -2.64. The Balaban J connectivity index is 1.57. The van der Waals surface area contributed by atoms with Crippen LogP contribution in [0, 0.1) is 41.4 Å². The molecule has 0 radical (unpaired) electrons. The minimum absolute atomic E-state index is 0.000707. The first kappa shape index (κ1) is 51.6. The maximum absolute atomic E-state index is 9.48. The zero-order valence-corrected chi connectivity index (χ0v) is 48.3. The normalized spacial score (nSPS) is 36.9. The summed E-state index contributed by atoms with van der Waals surface area (Å²) >= 11 is 0. The van der Waals surface area contributed by atoms with Crippen molar-refractivity contribution in [2.45, 2.75) is 171 Å². The molecular weight excluding hydrogens is 929 g/mol. The fourth-order valence-electron chi connectivity index (χ4n) is 9.37. The molecule has 0 unspecified atom stereocenters. The van der Waals surface area contributed by atoms with Gasteiger partial charge in [-0.25, -0.2) is 0 Å². The number of unbranched alkanes of at least 4 members (excludes halogenated alkanes) is 2. The van der Waals surface area contributed by atoms with E-state index < -0.39 is 70.4 Å². The van der Waals surface area contributed by atoms with Gasteiger partial charge in [0.2, 0.25) is 0 Å². The fraction of sp³-hybridized carbons (Fsp3) is 0.850. The molecule has 1 N–H and O–H groups in total. The van der Waals surface area contributed by atoms with Gasteiger partial charge in [0, 0.05) is 48.4 Å². The molecule has 6 fully saturated rings. The third-order valence-electron chi connectivity index (χ3n) is 10.8. The molecule has 1 aromatic carbocycles. The molecule has 7 rings (SSSR count). The first-order valence-electron chi connectivity index (χ1n) is 23.7. The van der Waals surface area contributed by atoms with Crippen LogP contribution in [0.5, 0.6) is 5.75 Å². The molecule has 6 aliphatic heterocycles. The molecule has 8 bridgehead atoms. The van der Waals surface area contributed by atoms with Crippen LogP contribution in [0.25, 0.3) is 0 Å². The molecule has 1 aromatic rings. The fourth-order valence-corrected chi connectivity index (χ4v) is 61.0. The smallest absolute Gasteiger partial charge is 0.479 e. The van der Waals surface area contributed by atoms with Crippen LogP contribution in [0.1, 0.15) is 122 Å². The minimum atomic E-state index is -3.99. The number of aliphatic hydroxyl groups excluding tert-OH is 1. The van der Waals surface area contributed by atoms with Crippen LogP contribution in [-0.2, 0) is 56.0 Å². The number of ether oxygens (including phenoxy) is 1. The highest BCUT2D eigenvalue weighted by Gasteiger charge is 2.83. The Morgan fingerprint density at radius 1 is 0.371 bits per heavy atom. The summed E-state index contributed by atoms with van der Waals surface area (Å²) < 4.78 is 100. The van der Waals surface area contributed by atoms with Crippen molar-refractivity contribution < 1.29 is 59.2 Å². The van der Waals surface area contributed by atoms with Crippen molar-refractivity contribution in [1.82, 2.24) is 0 Å². The second kappa shape index (κ2) is 20.1. The van der Waals surface area contributed by atoms with Crippen molar-refractivity contribution in [2.75, 3.05) is 6.61 Å². The monoisotopic (exact) mass is 1010 g/mol. The van der Waals surface area contributed by atoms with Crippen LogP contribution >= 0.6 is 0 Å². The van der Waals surface area contributed by atoms with E-state index >= 15 is 0 Å². The van der Waals surface area contributed by atoms with Gasteiger partial charge in [0.15, 0.2) is 0 Å². The lowest BCUT2D eigenvalue weighted by molar-refractivity contribution is -0.0341. The van der Waals surface area contributed by atoms with Crippen LogP contribution in [-0.4, -0.2) is 82.1 Å². The summed E-state index contributed by atoms with van der Waals surface area (Å²) in [5.41, 5.74) is 0.851. The van der Waals surface area contributed by atoms with Gasteiger partial charge in [-0.05, 0) is 72.0 Å². The molecule has 0 spiro atoms. The van der Waals surface area contributed by atoms with Crippen molar-refractivity contribution in [1.29, 1.82) is 0 Å². The summed E-state index contributed by atoms with van der Waals surface area (Å²) in [6.45, 7) is 30.9. The molecule has 0 atom stereocenters. The Hall–Kier alpha value is 0.235. The average Bonchev–Trinajstić information content (AvgIpc) is 3.04. The Kier molecular flexibility index (Phi) is 16.7. The second-order valence-corrected chi connectivity index (χ2v) is 45.4. The Morgan fingerprint density at radius 2 is 0.629 bits per heavy atom. The minimum Gasteiger partial charge on any atom is -0.494 e. The van der Waals surface area contributed by atoms with Gasteiger partial charge in [0.1, 0.15) is 5.75 Å². The largest absolute Gasteiger partial charge is 0.494 e. The summed E-state index contributed by atoms with van der Waals surface area (Å²) in [4.78, 5) is 0. The van der Waals surface area contributed by atoms with Crippen LogP contribution in [0.3, 0.4) is 0 Å². The molecule has 14 nitrogen and oxygen atoms in total. The van der Waals surface area contributed by atoms with E-state index in [0.717, 1.165) is 30.6 Å². The first-order valence-corrected chi connectivity index (χ1v) is 39.1. The van der Waals surface area contributed by atoms with Crippen molar-refractivity contribution in [3.8, 4) is 5.75 Å². The van der Waals surface area contributed by atoms with Gasteiger partial charge in [-0.1, -0.05) is 115 Å². The number of aliphatic hydroxyl groups is 1. The van der Waals surface area contributed by atoms with E-state index in [2.05, 4.69) is 96.9 Å². The van der Waals surface area contributed by atoms with Crippen LogP contribution in [0.2, 0.25) is 48.4 Å². The molecule has 0 amide bonds. The zero-order chi connectivity index (χ0) is 45.4. The van der Waals surface area contributed by atoms with Gasteiger partial charge < -0.3 is 59.2 Å². The SMILES string of the molecule is CC(C)C[Si]12O[Si]3(CCCCCOc4ccc(CO)cc4)O[Si]4(CC(C)C)O[Si](CC(C)C)(O1)O[Si]1(CC(C)C)O[Si](CC(C)C)(O2)O[Si](CC(C)C)(O3)O[Si](CC(C)C)(O4)O1. The molecule has 356 valence electrons. The van der Waals surface area contributed by atoms with E-state index in [4.69, 9.17) is 54.1 Å².